The maximum atomic E-state index is 12.3. The van der Waals surface area contributed by atoms with E-state index in [0.29, 0.717) is 23.2 Å². The van der Waals surface area contributed by atoms with Crippen LogP contribution in [0.5, 0.6) is 0 Å². The van der Waals surface area contributed by atoms with Crippen LogP contribution in [-0.4, -0.2) is 49.6 Å². The quantitative estimate of drug-likeness (QED) is 0.377. The van der Waals surface area contributed by atoms with Gasteiger partial charge in [0.15, 0.2) is 5.96 Å². The Morgan fingerprint density at radius 2 is 2.04 bits per heavy atom. The van der Waals surface area contributed by atoms with Gasteiger partial charge in [-0.2, -0.15) is 13.2 Å². The number of aliphatic imine (C=N–C) groups is 1. The first kappa shape index (κ1) is 23.5. The normalized spacial score (nSPS) is 13.0. The van der Waals surface area contributed by atoms with E-state index >= 15 is 0 Å². The third-order valence-electron chi connectivity index (χ3n) is 3.10. The second-order valence-electron chi connectivity index (χ2n) is 5.37. The molecule has 2 N–H and O–H groups in total. The highest BCUT2D eigenvalue weighted by Crippen LogP contribution is 2.16. The van der Waals surface area contributed by atoms with Crippen molar-refractivity contribution < 1.29 is 22.4 Å². The topological polar surface area (TPSA) is 69.9 Å². The average molecular weight is 476 g/mol. The second-order valence-corrected chi connectivity index (χ2v) is 5.37. The van der Waals surface area contributed by atoms with Crippen molar-refractivity contribution in [3.05, 3.63) is 23.7 Å². The fourth-order valence-corrected chi connectivity index (χ4v) is 1.91. The smallest absolute Gasteiger partial charge is 0.406 e. The first-order valence-corrected chi connectivity index (χ1v) is 7.54. The molecule has 1 heterocycles. The molecule has 1 rings (SSSR count). The molecule has 1 aromatic heterocycles. The molecular formula is C15H24F3IN4O2. The van der Waals surface area contributed by atoms with E-state index in [9.17, 15) is 18.0 Å². The summed E-state index contributed by atoms with van der Waals surface area (Å²) in [6.45, 7) is 4.38. The van der Waals surface area contributed by atoms with Gasteiger partial charge in [0, 0.05) is 13.6 Å². The summed E-state index contributed by atoms with van der Waals surface area (Å²) in [5.41, 5.74) is 0. The molecule has 0 radical (unpaired) electrons. The van der Waals surface area contributed by atoms with Crippen LogP contribution in [0.25, 0.3) is 0 Å². The number of carbonyl (C=O) groups is 1. The van der Waals surface area contributed by atoms with Crippen LogP contribution in [-0.2, 0) is 4.79 Å². The van der Waals surface area contributed by atoms with Gasteiger partial charge < -0.3 is 20.0 Å². The van der Waals surface area contributed by atoms with Crippen molar-refractivity contribution in [2.45, 2.75) is 33.0 Å². The van der Waals surface area contributed by atoms with Gasteiger partial charge in [0.05, 0.1) is 6.04 Å². The lowest BCUT2D eigenvalue weighted by Crippen LogP contribution is -2.41. The maximum Gasteiger partial charge on any atom is 0.406 e. The number of aryl methyl sites for hydroxylation is 1. The van der Waals surface area contributed by atoms with E-state index in [2.05, 4.69) is 15.6 Å². The number of halogens is 4. The highest BCUT2D eigenvalue weighted by atomic mass is 127. The zero-order valence-electron chi connectivity index (χ0n) is 14.6. The summed E-state index contributed by atoms with van der Waals surface area (Å²) >= 11 is 0. The lowest BCUT2D eigenvalue weighted by atomic mass is 10.2. The lowest BCUT2D eigenvalue weighted by Gasteiger charge is -2.19. The third kappa shape index (κ3) is 8.98. The van der Waals surface area contributed by atoms with Crippen LogP contribution in [0.3, 0.4) is 0 Å². The van der Waals surface area contributed by atoms with Crippen molar-refractivity contribution >= 4 is 35.8 Å². The van der Waals surface area contributed by atoms with E-state index in [1.165, 1.54) is 0 Å². The van der Waals surface area contributed by atoms with Gasteiger partial charge in [-0.1, -0.05) is 0 Å². The monoisotopic (exact) mass is 476 g/mol. The van der Waals surface area contributed by atoms with Crippen LogP contribution in [0.4, 0.5) is 13.2 Å². The van der Waals surface area contributed by atoms with Crippen LogP contribution in [0.2, 0.25) is 0 Å². The fourth-order valence-electron chi connectivity index (χ4n) is 1.91. The molecule has 0 bridgehead atoms. The SMILES string of the molecule is CCNC(=NCC(=O)N(C)CC(F)(F)F)NC(C)c1ccc(C)o1.I. The van der Waals surface area contributed by atoms with Gasteiger partial charge in [-0.05, 0) is 32.9 Å². The van der Waals surface area contributed by atoms with Gasteiger partial charge in [0.2, 0.25) is 5.91 Å². The number of nitrogens with zero attached hydrogens (tertiary/aromatic N) is 2. The van der Waals surface area contributed by atoms with Crippen LogP contribution >= 0.6 is 24.0 Å². The summed E-state index contributed by atoms with van der Waals surface area (Å²) in [7, 11) is 1.10. The Labute approximate surface area is 162 Å². The average Bonchev–Trinajstić information content (AvgIpc) is 2.89. The molecule has 0 fully saturated rings. The van der Waals surface area contributed by atoms with Gasteiger partial charge in [-0.3, -0.25) is 4.79 Å². The highest BCUT2D eigenvalue weighted by Gasteiger charge is 2.31. The van der Waals surface area contributed by atoms with E-state index in [4.69, 9.17) is 4.42 Å². The molecule has 25 heavy (non-hydrogen) atoms. The molecule has 144 valence electrons. The number of guanidine groups is 1. The van der Waals surface area contributed by atoms with E-state index in [-0.39, 0.29) is 36.6 Å². The third-order valence-corrected chi connectivity index (χ3v) is 3.10. The Bertz CT molecular complexity index is 575. The number of likely N-dealkylation sites (N-methyl/N-ethyl adjacent to an activating group) is 1. The molecule has 0 aromatic carbocycles. The van der Waals surface area contributed by atoms with E-state index in [0.717, 1.165) is 12.8 Å². The first-order valence-electron chi connectivity index (χ1n) is 7.54. The minimum absolute atomic E-state index is 0. The Morgan fingerprint density at radius 3 is 2.52 bits per heavy atom. The maximum absolute atomic E-state index is 12.3. The Balaban J connectivity index is 0.00000576. The Hall–Kier alpha value is -1.46. The Morgan fingerprint density at radius 1 is 1.40 bits per heavy atom. The molecule has 10 heteroatoms. The van der Waals surface area contributed by atoms with Gasteiger partial charge in [-0.15, -0.1) is 24.0 Å². The predicted octanol–water partition coefficient (Wildman–Crippen LogP) is 2.84. The van der Waals surface area contributed by atoms with Gasteiger partial charge >= 0.3 is 6.18 Å². The number of carbonyl (C=O) groups excluding carboxylic acids is 1. The van der Waals surface area contributed by atoms with Crippen LogP contribution in [0.1, 0.15) is 31.4 Å². The van der Waals surface area contributed by atoms with E-state index in [1.807, 2.05) is 32.9 Å². The highest BCUT2D eigenvalue weighted by molar-refractivity contribution is 14.0. The number of furan rings is 1. The zero-order chi connectivity index (χ0) is 18.3. The molecular weight excluding hydrogens is 452 g/mol. The minimum atomic E-state index is -4.43. The summed E-state index contributed by atoms with van der Waals surface area (Å²) in [6.07, 6.45) is -4.43. The zero-order valence-corrected chi connectivity index (χ0v) is 16.9. The second kappa shape index (κ2) is 10.5. The summed E-state index contributed by atoms with van der Waals surface area (Å²) in [6, 6.07) is 3.44. The molecule has 0 saturated carbocycles. The summed E-state index contributed by atoms with van der Waals surface area (Å²) in [5.74, 6) is 1.07. The Kier molecular flexibility index (Phi) is 9.90. The number of nitrogens with one attached hydrogen (secondary N) is 2. The fraction of sp³-hybridized carbons (Fsp3) is 0.600. The minimum Gasteiger partial charge on any atom is -0.464 e. The largest absolute Gasteiger partial charge is 0.464 e. The molecule has 0 aliphatic carbocycles. The van der Waals surface area contributed by atoms with Crippen molar-refractivity contribution in [2.75, 3.05) is 26.7 Å². The summed E-state index contributed by atoms with van der Waals surface area (Å²) in [4.78, 5) is 16.4. The van der Waals surface area contributed by atoms with E-state index in [1.54, 1.807) is 0 Å². The van der Waals surface area contributed by atoms with Crippen molar-refractivity contribution in [3.8, 4) is 0 Å². The molecule has 1 unspecified atom stereocenters. The lowest BCUT2D eigenvalue weighted by molar-refractivity contribution is -0.157. The van der Waals surface area contributed by atoms with Gasteiger partial charge in [0.1, 0.15) is 24.6 Å². The van der Waals surface area contributed by atoms with E-state index < -0.39 is 18.6 Å². The number of hydrogen-bond acceptors (Lipinski definition) is 3. The van der Waals surface area contributed by atoms with Crippen LogP contribution < -0.4 is 10.6 Å². The van der Waals surface area contributed by atoms with Gasteiger partial charge in [0.25, 0.3) is 0 Å². The number of rotatable bonds is 6. The van der Waals surface area contributed by atoms with Crippen molar-refractivity contribution in [1.82, 2.24) is 15.5 Å². The van der Waals surface area contributed by atoms with Gasteiger partial charge in [-0.25, -0.2) is 4.99 Å². The molecule has 0 aliphatic rings. The molecule has 1 amide bonds. The molecule has 0 aliphatic heterocycles. The number of hydrogen-bond donors (Lipinski definition) is 2. The van der Waals surface area contributed by atoms with Crippen molar-refractivity contribution in [3.63, 3.8) is 0 Å². The molecule has 1 atom stereocenters. The standard InChI is InChI=1S/C15H23F3N4O2.HI/c1-5-19-14(21-11(3)12-7-6-10(2)24-12)20-8-13(23)22(4)9-15(16,17)18;/h6-7,11H,5,8-9H2,1-4H3,(H2,19,20,21);1H. The summed E-state index contributed by atoms with van der Waals surface area (Å²) < 4.78 is 42.3. The van der Waals surface area contributed by atoms with Crippen molar-refractivity contribution in [2.24, 2.45) is 4.99 Å². The molecule has 0 spiro atoms. The molecule has 0 saturated heterocycles. The summed E-state index contributed by atoms with van der Waals surface area (Å²) in [5, 5.41) is 5.98. The molecule has 6 nitrogen and oxygen atoms in total. The first-order chi connectivity index (χ1) is 11.1. The predicted molar refractivity (Wildman–Crippen MR) is 100 cm³/mol. The van der Waals surface area contributed by atoms with Crippen LogP contribution in [0.15, 0.2) is 21.5 Å². The molecule has 1 aromatic rings. The van der Waals surface area contributed by atoms with Crippen molar-refractivity contribution in [1.29, 1.82) is 0 Å². The number of amides is 1. The van der Waals surface area contributed by atoms with Crippen LogP contribution in [0, 0.1) is 6.92 Å². The number of alkyl halides is 3.